The first-order chi connectivity index (χ1) is 6.66. The molecule has 0 aromatic carbocycles. The first-order valence-corrected chi connectivity index (χ1v) is 6.06. The second kappa shape index (κ2) is 4.19. The number of nitrogens with zero attached hydrogens (tertiary/aromatic N) is 1. The van der Waals surface area contributed by atoms with Crippen LogP contribution in [0.3, 0.4) is 0 Å². The summed E-state index contributed by atoms with van der Waals surface area (Å²) in [5, 5.41) is 3.48. The number of rotatable bonds is 4. The minimum absolute atomic E-state index is 0.870. The fourth-order valence-electron chi connectivity index (χ4n) is 2.64. The van der Waals surface area contributed by atoms with Gasteiger partial charge in [0.25, 0.3) is 0 Å². The van der Waals surface area contributed by atoms with Crippen LogP contribution in [0.4, 0.5) is 0 Å². The Bertz CT molecular complexity index is 193. The smallest absolute Gasteiger partial charge is 0.00219 e. The second-order valence-electron chi connectivity index (χ2n) is 5.59. The van der Waals surface area contributed by atoms with E-state index in [1.165, 1.54) is 32.6 Å². The maximum atomic E-state index is 3.48. The monoisotopic (exact) mass is 196 g/mol. The van der Waals surface area contributed by atoms with Crippen molar-refractivity contribution in [1.29, 1.82) is 0 Å². The number of hydrogen-bond donors (Lipinski definition) is 1. The molecule has 2 unspecified atom stereocenters. The van der Waals surface area contributed by atoms with Crippen LogP contribution < -0.4 is 5.32 Å². The van der Waals surface area contributed by atoms with E-state index in [9.17, 15) is 0 Å². The largest absolute Gasteiger partial charge is 0.316 e. The van der Waals surface area contributed by atoms with Crippen molar-refractivity contribution in [2.45, 2.75) is 20.3 Å². The second-order valence-corrected chi connectivity index (χ2v) is 5.59. The predicted octanol–water partition coefficient (Wildman–Crippen LogP) is 1.43. The van der Waals surface area contributed by atoms with Crippen molar-refractivity contribution in [3.63, 3.8) is 0 Å². The molecule has 14 heavy (non-hydrogen) atoms. The van der Waals surface area contributed by atoms with Crippen LogP contribution in [0.2, 0.25) is 0 Å². The third-order valence-corrected chi connectivity index (χ3v) is 4.05. The maximum Gasteiger partial charge on any atom is 0.00219 e. The Kier molecular flexibility index (Phi) is 3.13. The van der Waals surface area contributed by atoms with Crippen LogP contribution in [-0.2, 0) is 0 Å². The van der Waals surface area contributed by atoms with E-state index in [2.05, 4.69) is 31.1 Å². The Morgan fingerprint density at radius 3 is 2.21 bits per heavy atom. The molecule has 1 heterocycles. The molecule has 82 valence electrons. The van der Waals surface area contributed by atoms with Gasteiger partial charge < -0.3 is 10.2 Å². The van der Waals surface area contributed by atoms with Gasteiger partial charge in [-0.05, 0) is 50.2 Å². The molecule has 2 aliphatic rings. The van der Waals surface area contributed by atoms with E-state index < -0.39 is 0 Å². The lowest BCUT2D eigenvalue weighted by molar-refractivity contribution is 0.248. The first-order valence-electron chi connectivity index (χ1n) is 6.06. The molecule has 1 saturated heterocycles. The Morgan fingerprint density at radius 1 is 1.07 bits per heavy atom. The molecule has 0 aromatic rings. The van der Waals surface area contributed by atoms with Crippen LogP contribution in [0.1, 0.15) is 20.3 Å². The van der Waals surface area contributed by atoms with Gasteiger partial charge in [0.05, 0.1) is 0 Å². The Hall–Kier alpha value is -0.0800. The lowest BCUT2D eigenvalue weighted by atomic mass is 9.98. The van der Waals surface area contributed by atoms with Crippen LogP contribution in [0.25, 0.3) is 0 Å². The summed E-state index contributed by atoms with van der Waals surface area (Å²) in [5.74, 6) is 3.75. The van der Waals surface area contributed by atoms with E-state index in [4.69, 9.17) is 0 Å². The van der Waals surface area contributed by atoms with Gasteiger partial charge in [-0.1, -0.05) is 13.8 Å². The summed E-state index contributed by atoms with van der Waals surface area (Å²) in [4.78, 5) is 2.54. The van der Waals surface area contributed by atoms with Crippen molar-refractivity contribution in [3.8, 4) is 0 Å². The highest BCUT2D eigenvalue weighted by atomic mass is 15.1. The predicted molar refractivity (Wildman–Crippen MR) is 60.3 cm³/mol. The van der Waals surface area contributed by atoms with Crippen molar-refractivity contribution < 1.29 is 0 Å². The molecule has 0 spiro atoms. The molecule has 2 nitrogen and oxygen atoms in total. The van der Waals surface area contributed by atoms with Crippen LogP contribution in [0.5, 0.6) is 0 Å². The molecule has 2 heteroatoms. The molecule has 0 aromatic heterocycles. The van der Waals surface area contributed by atoms with Gasteiger partial charge in [0, 0.05) is 13.1 Å². The maximum absolute atomic E-state index is 3.48. The molecule has 0 radical (unpaired) electrons. The van der Waals surface area contributed by atoms with Gasteiger partial charge in [0.1, 0.15) is 0 Å². The molecular formula is C12H24N2. The summed E-state index contributed by atoms with van der Waals surface area (Å²) in [6.45, 7) is 9.81. The summed E-state index contributed by atoms with van der Waals surface area (Å²) in [5.41, 5.74) is 0. The van der Waals surface area contributed by atoms with E-state index >= 15 is 0 Å². The lowest BCUT2D eigenvalue weighted by Crippen LogP contribution is -2.30. The molecule has 2 rings (SSSR count). The average molecular weight is 196 g/mol. The normalized spacial score (nSPS) is 42.0. The highest BCUT2D eigenvalue weighted by Gasteiger charge is 2.34. The van der Waals surface area contributed by atoms with Gasteiger partial charge in [-0.15, -0.1) is 0 Å². The van der Waals surface area contributed by atoms with Crippen molar-refractivity contribution >= 4 is 0 Å². The third kappa shape index (κ3) is 2.48. The van der Waals surface area contributed by atoms with Gasteiger partial charge >= 0.3 is 0 Å². The van der Waals surface area contributed by atoms with Crippen LogP contribution in [0, 0.1) is 23.7 Å². The zero-order valence-corrected chi connectivity index (χ0v) is 9.79. The minimum atomic E-state index is 0.870. The molecule has 1 aliphatic heterocycles. The van der Waals surface area contributed by atoms with Crippen LogP contribution >= 0.6 is 0 Å². The Balaban J connectivity index is 1.68. The third-order valence-electron chi connectivity index (χ3n) is 4.05. The van der Waals surface area contributed by atoms with Crippen LogP contribution in [0.15, 0.2) is 0 Å². The zero-order valence-electron chi connectivity index (χ0n) is 9.79. The fraction of sp³-hybridized carbons (Fsp3) is 1.00. The summed E-state index contributed by atoms with van der Waals surface area (Å²) in [7, 11) is 2.29. The summed E-state index contributed by atoms with van der Waals surface area (Å²) in [6.07, 6.45) is 1.46. The molecule has 1 saturated carbocycles. The van der Waals surface area contributed by atoms with Gasteiger partial charge in [0.15, 0.2) is 0 Å². The van der Waals surface area contributed by atoms with Gasteiger partial charge in [0.2, 0.25) is 0 Å². The van der Waals surface area contributed by atoms with Crippen molar-refractivity contribution in [2.75, 3.05) is 33.2 Å². The molecule has 0 bridgehead atoms. The number of nitrogens with one attached hydrogen (secondary N) is 1. The Labute approximate surface area is 88.1 Å². The molecular weight excluding hydrogens is 172 g/mol. The van der Waals surface area contributed by atoms with E-state index in [1.54, 1.807) is 0 Å². The van der Waals surface area contributed by atoms with E-state index in [-0.39, 0.29) is 0 Å². The Morgan fingerprint density at radius 2 is 1.71 bits per heavy atom. The topological polar surface area (TPSA) is 15.3 Å². The fourth-order valence-corrected chi connectivity index (χ4v) is 2.64. The van der Waals surface area contributed by atoms with E-state index in [1.807, 2.05) is 0 Å². The SMILES string of the molecule is CC1CC1CN(C)C[C@@H]1CNC[C@H]1C. The van der Waals surface area contributed by atoms with Gasteiger partial charge in [-0.2, -0.15) is 0 Å². The molecule has 0 amide bonds. The quantitative estimate of drug-likeness (QED) is 0.732. The molecule has 4 atom stereocenters. The van der Waals surface area contributed by atoms with E-state index in [0.717, 1.165) is 23.7 Å². The molecule has 1 N–H and O–H groups in total. The van der Waals surface area contributed by atoms with Crippen molar-refractivity contribution in [1.82, 2.24) is 10.2 Å². The summed E-state index contributed by atoms with van der Waals surface area (Å²) < 4.78 is 0. The average Bonchev–Trinajstić information content (AvgIpc) is 2.63. The minimum Gasteiger partial charge on any atom is -0.316 e. The highest BCUT2D eigenvalue weighted by Crippen LogP contribution is 2.38. The molecule has 1 aliphatic carbocycles. The van der Waals surface area contributed by atoms with E-state index in [0.29, 0.717) is 0 Å². The van der Waals surface area contributed by atoms with Gasteiger partial charge in [-0.25, -0.2) is 0 Å². The first kappa shape index (κ1) is 10.4. The van der Waals surface area contributed by atoms with Crippen molar-refractivity contribution in [3.05, 3.63) is 0 Å². The number of hydrogen-bond acceptors (Lipinski definition) is 2. The van der Waals surface area contributed by atoms with Gasteiger partial charge in [-0.3, -0.25) is 0 Å². The van der Waals surface area contributed by atoms with Crippen molar-refractivity contribution in [2.24, 2.45) is 23.7 Å². The lowest BCUT2D eigenvalue weighted by Gasteiger charge is -2.23. The summed E-state index contributed by atoms with van der Waals surface area (Å²) >= 11 is 0. The standard InChI is InChI=1S/C12H24N2/c1-9-4-11(9)7-14(3)8-12-6-13-5-10(12)2/h9-13H,4-8H2,1-3H3/t9?,10-,11?,12+/m1/s1. The summed E-state index contributed by atoms with van der Waals surface area (Å²) in [6, 6.07) is 0. The molecule has 2 fully saturated rings. The van der Waals surface area contributed by atoms with Crippen LogP contribution in [-0.4, -0.2) is 38.1 Å². The zero-order chi connectivity index (χ0) is 10.1. The highest BCUT2D eigenvalue weighted by molar-refractivity contribution is 4.86.